The molecular weight excluding hydrogens is 405 g/mol. The Kier molecular flexibility index (Phi) is 4.38. The van der Waals surface area contributed by atoms with E-state index in [0.29, 0.717) is 0 Å². The van der Waals surface area contributed by atoms with Gasteiger partial charge in [0.25, 0.3) is 0 Å². The molecule has 0 amide bonds. The number of nitrogens with zero attached hydrogens (tertiary/aromatic N) is 1. The van der Waals surface area contributed by atoms with Crippen LogP contribution in [0.25, 0.3) is 11.3 Å². The van der Waals surface area contributed by atoms with E-state index in [1.54, 1.807) is 22.6 Å². The van der Waals surface area contributed by atoms with Crippen LogP contribution in [0.2, 0.25) is 0 Å². The molecule has 3 nitrogen and oxygen atoms in total. The van der Waals surface area contributed by atoms with Crippen molar-refractivity contribution in [1.82, 2.24) is 4.98 Å². The Morgan fingerprint density at radius 2 is 1.71 bits per heavy atom. The Hall–Kier alpha value is -1.42. The van der Waals surface area contributed by atoms with E-state index in [9.17, 15) is 27.8 Å². The Bertz CT molecular complexity index is 658. The zero-order valence-electron chi connectivity index (χ0n) is 10.2. The van der Waals surface area contributed by atoms with Crippen LogP contribution in [0.5, 0.6) is 5.75 Å². The maximum Gasteiger partial charge on any atom is 0.420 e. The molecule has 0 saturated carbocycles. The quantitative estimate of drug-likeness (QED) is 0.582. The van der Waals surface area contributed by atoms with E-state index in [1.807, 2.05) is 0 Å². The van der Waals surface area contributed by atoms with Crippen molar-refractivity contribution in [3.63, 3.8) is 0 Å². The molecule has 0 aliphatic rings. The summed E-state index contributed by atoms with van der Waals surface area (Å²) in [7, 11) is 0. The van der Waals surface area contributed by atoms with Crippen molar-refractivity contribution in [2.24, 2.45) is 0 Å². The smallest absolute Gasteiger partial charge is 0.420 e. The van der Waals surface area contributed by atoms with E-state index in [4.69, 9.17) is 0 Å². The predicted molar refractivity (Wildman–Crippen MR) is 75.0 cm³/mol. The fraction of sp³-hybridized carbons (Fsp3) is 0.154. The van der Waals surface area contributed by atoms with Gasteiger partial charge in [0.2, 0.25) is 0 Å². The van der Waals surface area contributed by atoms with Crippen LogP contribution in [-0.2, 0) is 0 Å². The van der Waals surface area contributed by atoms with E-state index in [0.717, 1.165) is 18.2 Å². The van der Waals surface area contributed by atoms with Crippen molar-refractivity contribution >= 4 is 22.6 Å². The molecule has 112 valence electrons. The summed E-state index contributed by atoms with van der Waals surface area (Å²) < 4.78 is 50.6. The molecule has 2 rings (SSSR count). The van der Waals surface area contributed by atoms with Crippen molar-refractivity contribution in [3.05, 3.63) is 45.4 Å². The van der Waals surface area contributed by atoms with Crippen LogP contribution in [0, 0.1) is 9.39 Å². The molecule has 2 N–H and O–H groups in total. The van der Waals surface area contributed by atoms with Crippen molar-refractivity contribution in [2.45, 2.75) is 12.3 Å². The van der Waals surface area contributed by atoms with Crippen LogP contribution >= 0.6 is 22.6 Å². The molecule has 0 spiro atoms. The normalized spacial score (nSPS) is 13.2. The number of aromatic hydroxyl groups is 1. The minimum Gasteiger partial charge on any atom is -0.505 e. The third-order valence-electron chi connectivity index (χ3n) is 2.67. The van der Waals surface area contributed by atoms with Gasteiger partial charge in [-0.05, 0) is 52.9 Å². The van der Waals surface area contributed by atoms with Gasteiger partial charge in [0.1, 0.15) is 11.5 Å². The number of halogens is 5. The number of hydrogen-bond acceptors (Lipinski definition) is 3. The van der Waals surface area contributed by atoms with Crippen LogP contribution < -0.4 is 0 Å². The zero-order chi connectivity index (χ0) is 15.8. The molecule has 1 aromatic heterocycles. The number of benzene rings is 1. The highest BCUT2D eigenvalue weighted by Gasteiger charge is 2.41. The zero-order valence-corrected chi connectivity index (χ0v) is 12.4. The van der Waals surface area contributed by atoms with Gasteiger partial charge in [0.15, 0.2) is 11.9 Å². The van der Waals surface area contributed by atoms with Gasteiger partial charge < -0.3 is 10.2 Å². The van der Waals surface area contributed by atoms with Gasteiger partial charge in [-0.3, -0.25) is 0 Å². The summed E-state index contributed by atoms with van der Waals surface area (Å²) in [5.74, 6) is -0.861. The first-order valence-electron chi connectivity index (χ1n) is 5.60. The Labute approximate surface area is 130 Å². The van der Waals surface area contributed by atoms with E-state index in [2.05, 4.69) is 4.98 Å². The first kappa shape index (κ1) is 16.0. The molecule has 2 aromatic rings. The van der Waals surface area contributed by atoms with Gasteiger partial charge in [-0.2, -0.15) is 13.2 Å². The van der Waals surface area contributed by atoms with Crippen molar-refractivity contribution in [3.8, 4) is 17.0 Å². The number of aliphatic hydroxyl groups excluding tert-OH is 1. The average molecular weight is 413 g/mol. The molecule has 0 saturated heterocycles. The molecule has 1 heterocycles. The van der Waals surface area contributed by atoms with Gasteiger partial charge in [-0.15, -0.1) is 0 Å². The Morgan fingerprint density at radius 1 is 1.14 bits per heavy atom. The monoisotopic (exact) mass is 413 g/mol. The van der Waals surface area contributed by atoms with E-state index in [1.165, 1.54) is 12.1 Å². The SMILES string of the molecule is Oc1c(I)cc(C(O)C(F)(F)F)nc1-c1ccc(F)cc1. The van der Waals surface area contributed by atoms with E-state index < -0.39 is 23.8 Å². The molecular formula is C13H8F4INO2. The average Bonchev–Trinajstić information content (AvgIpc) is 2.41. The molecule has 21 heavy (non-hydrogen) atoms. The second-order valence-corrected chi connectivity index (χ2v) is 5.34. The molecule has 0 fully saturated rings. The molecule has 0 aliphatic heterocycles. The first-order valence-corrected chi connectivity index (χ1v) is 6.68. The van der Waals surface area contributed by atoms with Gasteiger partial charge in [0.05, 0.1) is 9.26 Å². The topological polar surface area (TPSA) is 53.4 Å². The van der Waals surface area contributed by atoms with Gasteiger partial charge in [-0.25, -0.2) is 9.37 Å². The summed E-state index contributed by atoms with van der Waals surface area (Å²) in [6.45, 7) is 0. The largest absolute Gasteiger partial charge is 0.505 e. The second-order valence-electron chi connectivity index (χ2n) is 4.18. The van der Waals surface area contributed by atoms with Crippen LogP contribution in [0.1, 0.15) is 11.8 Å². The molecule has 0 radical (unpaired) electrons. The third-order valence-corrected chi connectivity index (χ3v) is 3.50. The summed E-state index contributed by atoms with van der Waals surface area (Å²) in [5, 5.41) is 19.2. The highest BCUT2D eigenvalue weighted by molar-refractivity contribution is 14.1. The molecule has 1 atom stereocenters. The molecule has 8 heteroatoms. The number of rotatable bonds is 2. The highest BCUT2D eigenvalue weighted by Crippen LogP contribution is 2.37. The fourth-order valence-electron chi connectivity index (χ4n) is 1.64. The summed E-state index contributed by atoms with van der Waals surface area (Å²) in [4.78, 5) is 3.65. The third kappa shape index (κ3) is 3.43. The molecule has 1 aromatic carbocycles. The molecule has 0 bridgehead atoms. The van der Waals surface area contributed by atoms with Crippen LogP contribution in [0.4, 0.5) is 17.6 Å². The predicted octanol–water partition coefficient (Wildman–Crippen LogP) is 3.79. The van der Waals surface area contributed by atoms with E-state index >= 15 is 0 Å². The van der Waals surface area contributed by atoms with Crippen molar-refractivity contribution in [1.29, 1.82) is 0 Å². The lowest BCUT2D eigenvalue weighted by molar-refractivity contribution is -0.207. The summed E-state index contributed by atoms with van der Waals surface area (Å²) in [5.41, 5.74) is -0.549. The minimum absolute atomic E-state index is 0.0974. The number of aliphatic hydroxyl groups is 1. The Balaban J connectivity index is 2.56. The number of aromatic nitrogens is 1. The summed E-state index contributed by atoms with van der Waals surface area (Å²) in [6, 6.07) is 5.68. The van der Waals surface area contributed by atoms with E-state index in [-0.39, 0.29) is 20.6 Å². The van der Waals surface area contributed by atoms with Crippen LogP contribution in [0.3, 0.4) is 0 Å². The van der Waals surface area contributed by atoms with Crippen LogP contribution in [-0.4, -0.2) is 21.4 Å². The lowest BCUT2D eigenvalue weighted by atomic mass is 10.1. The van der Waals surface area contributed by atoms with Crippen LogP contribution in [0.15, 0.2) is 30.3 Å². The summed E-state index contributed by atoms with van der Waals surface area (Å²) >= 11 is 1.63. The Morgan fingerprint density at radius 3 is 2.24 bits per heavy atom. The maximum absolute atomic E-state index is 12.9. The first-order chi connectivity index (χ1) is 9.70. The lowest BCUT2D eigenvalue weighted by Crippen LogP contribution is -2.21. The van der Waals surface area contributed by atoms with Gasteiger partial charge in [0, 0.05) is 5.56 Å². The fourth-order valence-corrected chi connectivity index (χ4v) is 2.22. The number of pyridine rings is 1. The summed E-state index contributed by atoms with van der Waals surface area (Å²) in [6.07, 6.45) is -7.63. The lowest BCUT2D eigenvalue weighted by Gasteiger charge is -2.16. The number of hydrogen-bond donors (Lipinski definition) is 2. The van der Waals surface area contributed by atoms with Crippen molar-refractivity contribution in [2.75, 3.05) is 0 Å². The van der Waals surface area contributed by atoms with Crippen molar-refractivity contribution < 1.29 is 27.8 Å². The molecule has 0 aliphatic carbocycles. The minimum atomic E-state index is -4.87. The maximum atomic E-state index is 12.9. The second kappa shape index (κ2) is 5.76. The molecule has 1 unspecified atom stereocenters. The standard InChI is InChI=1S/C13H8F4INO2/c14-7-3-1-6(2-4-7)10-11(20)8(18)5-9(19-10)12(21)13(15,16)17/h1-5,12,20-21H. The van der Waals surface area contributed by atoms with Gasteiger partial charge >= 0.3 is 6.18 Å². The van der Waals surface area contributed by atoms with Gasteiger partial charge in [-0.1, -0.05) is 0 Å². The highest BCUT2D eigenvalue weighted by atomic mass is 127. The number of alkyl halides is 3.